The predicted molar refractivity (Wildman–Crippen MR) is 75.5 cm³/mol. The van der Waals surface area contributed by atoms with Gasteiger partial charge in [0.1, 0.15) is 0 Å². The number of rotatable bonds is 2. The van der Waals surface area contributed by atoms with Crippen molar-refractivity contribution < 1.29 is 0 Å². The quantitative estimate of drug-likeness (QED) is 0.824. The number of halogens is 3. The summed E-state index contributed by atoms with van der Waals surface area (Å²) in [6.45, 7) is 1.92. The fourth-order valence-electron chi connectivity index (χ4n) is 1.49. The van der Waals surface area contributed by atoms with Crippen LogP contribution in [0.1, 0.15) is 16.1 Å². The molecule has 2 rings (SSSR count). The van der Waals surface area contributed by atoms with Gasteiger partial charge in [-0.2, -0.15) is 0 Å². The van der Waals surface area contributed by atoms with Crippen molar-refractivity contribution in [1.82, 2.24) is 4.98 Å². The Morgan fingerprint density at radius 2 is 1.82 bits per heavy atom. The summed E-state index contributed by atoms with van der Waals surface area (Å²) in [5.74, 6) is 0. The van der Waals surface area contributed by atoms with Gasteiger partial charge in [-0.25, -0.2) is 4.98 Å². The monoisotopic (exact) mass is 306 g/mol. The van der Waals surface area contributed by atoms with Crippen molar-refractivity contribution in [3.05, 3.63) is 43.3 Å². The predicted octanol–water partition coefficient (Wildman–Crippen LogP) is 4.58. The number of anilines is 1. The summed E-state index contributed by atoms with van der Waals surface area (Å²) in [6, 6.07) is 3.43. The lowest BCUT2D eigenvalue weighted by Gasteiger charge is -2.05. The zero-order valence-electron chi connectivity index (χ0n) is 8.93. The van der Waals surface area contributed by atoms with E-state index in [2.05, 4.69) is 4.98 Å². The van der Waals surface area contributed by atoms with Gasteiger partial charge in [0, 0.05) is 16.3 Å². The normalized spacial score (nSPS) is 10.8. The number of hydrogen-bond donors (Lipinski definition) is 1. The molecule has 1 heterocycles. The van der Waals surface area contributed by atoms with Crippen LogP contribution in [0.4, 0.5) is 5.13 Å². The highest BCUT2D eigenvalue weighted by molar-refractivity contribution is 7.15. The summed E-state index contributed by atoms with van der Waals surface area (Å²) in [7, 11) is 0. The zero-order chi connectivity index (χ0) is 12.6. The van der Waals surface area contributed by atoms with E-state index >= 15 is 0 Å². The molecule has 0 fully saturated rings. The van der Waals surface area contributed by atoms with Crippen LogP contribution in [-0.4, -0.2) is 4.98 Å². The second-order valence-electron chi connectivity index (χ2n) is 3.60. The van der Waals surface area contributed by atoms with Gasteiger partial charge in [0.05, 0.1) is 15.7 Å². The first-order valence-corrected chi connectivity index (χ1v) is 6.77. The van der Waals surface area contributed by atoms with Gasteiger partial charge in [-0.15, -0.1) is 11.3 Å². The Hall–Kier alpha value is -0.480. The minimum atomic E-state index is 0.459. The molecule has 1 aromatic carbocycles. The van der Waals surface area contributed by atoms with Crippen molar-refractivity contribution >= 4 is 51.3 Å². The van der Waals surface area contributed by atoms with Crippen molar-refractivity contribution in [3.63, 3.8) is 0 Å². The van der Waals surface area contributed by atoms with Crippen LogP contribution >= 0.6 is 46.1 Å². The van der Waals surface area contributed by atoms with Gasteiger partial charge in [-0.1, -0.05) is 34.8 Å². The van der Waals surface area contributed by atoms with Gasteiger partial charge in [0.2, 0.25) is 0 Å². The highest BCUT2D eigenvalue weighted by Gasteiger charge is 2.11. The second-order valence-corrected chi connectivity index (χ2v) is 5.93. The van der Waals surface area contributed by atoms with E-state index in [4.69, 9.17) is 40.5 Å². The number of aromatic nitrogens is 1. The Kier molecular flexibility index (Phi) is 3.83. The van der Waals surface area contributed by atoms with Crippen LogP contribution in [-0.2, 0) is 6.42 Å². The first-order chi connectivity index (χ1) is 7.97. The number of thiazole rings is 1. The highest BCUT2D eigenvalue weighted by atomic mass is 35.5. The third-order valence-corrected chi connectivity index (χ3v) is 4.41. The zero-order valence-corrected chi connectivity index (χ0v) is 12.0. The van der Waals surface area contributed by atoms with Gasteiger partial charge >= 0.3 is 0 Å². The molecule has 17 heavy (non-hydrogen) atoms. The largest absolute Gasteiger partial charge is 0.375 e. The van der Waals surface area contributed by atoms with Crippen LogP contribution in [0.3, 0.4) is 0 Å². The number of benzene rings is 1. The Morgan fingerprint density at radius 3 is 2.41 bits per heavy atom. The van der Waals surface area contributed by atoms with E-state index in [1.54, 1.807) is 12.1 Å². The molecule has 0 aliphatic heterocycles. The summed E-state index contributed by atoms with van der Waals surface area (Å²) in [5, 5.41) is 2.13. The highest BCUT2D eigenvalue weighted by Crippen LogP contribution is 2.32. The topological polar surface area (TPSA) is 38.9 Å². The van der Waals surface area contributed by atoms with E-state index in [9.17, 15) is 0 Å². The average Bonchev–Trinajstić information content (AvgIpc) is 2.54. The first-order valence-electron chi connectivity index (χ1n) is 4.82. The van der Waals surface area contributed by atoms with Crippen molar-refractivity contribution in [2.75, 3.05) is 5.73 Å². The van der Waals surface area contributed by atoms with Crippen molar-refractivity contribution in [2.24, 2.45) is 0 Å². The maximum Gasteiger partial charge on any atom is 0.180 e. The van der Waals surface area contributed by atoms with Crippen LogP contribution in [0, 0.1) is 6.92 Å². The molecule has 2 N–H and O–H groups in total. The third kappa shape index (κ3) is 2.86. The van der Waals surface area contributed by atoms with Crippen molar-refractivity contribution in [3.8, 4) is 0 Å². The van der Waals surface area contributed by atoms with E-state index in [-0.39, 0.29) is 0 Å². The van der Waals surface area contributed by atoms with Gasteiger partial charge < -0.3 is 5.73 Å². The first kappa shape index (κ1) is 13.0. The molecule has 2 nitrogen and oxygen atoms in total. The number of nitrogens with two attached hydrogens (primary N) is 1. The standard InChI is InChI=1S/C11H9Cl3N2S/c1-5-10(17-11(15)16-5)3-6-2-8(13)9(14)4-7(6)12/h2,4H,3H2,1H3,(H2,15,16). The SMILES string of the molecule is Cc1nc(N)sc1Cc1cc(Cl)c(Cl)cc1Cl. The van der Waals surface area contributed by atoms with E-state index in [0.717, 1.165) is 16.1 Å². The molecule has 0 spiro atoms. The molecule has 0 amide bonds. The maximum atomic E-state index is 6.12. The molecule has 0 unspecified atom stereocenters. The summed E-state index contributed by atoms with van der Waals surface area (Å²) >= 11 is 19.4. The molecule has 0 bridgehead atoms. The fourth-order valence-corrected chi connectivity index (χ4v) is 2.98. The Morgan fingerprint density at radius 1 is 1.18 bits per heavy atom. The molecule has 0 aliphatic carbocycles. The molecule has 1 aromatic heterocycles. The van der Waals surface area contributed by atoms with E-state index in [1.165, 1.54) is 11.3 Å². The molecular weight excluding hydrogens is 299 g/mol. The average molecular weight is 308 g/mol. The lowest BCUT2D eigenvalue weighted by atomic mass is 10.1. The summed E-state index contributed by atoms with van der Waals surface area (Å²) in [6.07, 6.45) is 0.663. The number of nitrogen functional groups attached to an aromatic ring is 1. The van der Waals surface area contributed by atoms with Gasteiger partial charge in [-0.05, 0) is 24.6 Å². The maximum absolute atomic E-state index is 6.12. The van der Waals surface area contributed by atoms with Crippen molar-refractivity contribution in [2.45, 2.75) is 13.3 Å². The minimum absolute atomic E-state index is 0.459. The third-order valence-electron chi connectivity index (χ3n) is 2.35. The minimum Gasteiger partial charge on any atom is -0.375 e. The van der Waals surface area contributed by atoms with Crippen LogP contribution in [0.25, 0.3) is 0 Å². The van der Waals surface area contributed by atoms with Crippen LogP contribution in [0.15, 0.2) is 12.1 Å². The molecular formula is C11H9Cl3N2S. The lowest BCUT2D eigenvalue weighted by Crippen LogP contribution is -1.90. The van der Waals surface area contributed by atoms with Gasteiger partial charge in [0.15, 0.2) is 5.13 Å². The Labute approximate surface area is 118 Å². The molecule has 0 atom stereocenters. The Bertz CT molecular complexity index is 566. The van der Waals surface area contributed by atoms with Crippen molar-refractivity contribution in [1.29, 1.82) is 0 Å². The number of aryl methyl sites for hydroxylation is 1. The molecule has 0 saturated heterocycles. The second kappa shape index (κ2) is 5.02. The Balaban J connectivity index is 2.36. The van der Waals surface area contributed by atoms with Gasteiger partial charge in [0.25, 0.3) is 0 Å². The summed E-state index contributed by atoms with van der Waals surface area (Å²) in [4.78, 5) is 5.26. The lowest BCUT2D eigenvalue weighted by molar-refractivity contribution is 1.15. The summed E-state index contributed by atoms with van der Waals surface area (Å²) in [5.41, 5.74) is 7.50. The molecule has 0 radical (unpaired) electrons. The van der Waals surface area contributed by atoms with E-state index < -0.39 is 0 Å². The molecule has 6 heteroatoms. The molecule has 2 aromatic rings. The number of nitrogens with zero attached hydrogens (tertiary/aromatic N) is 1. The fraction of sp³-hybridized carbons (Fsp3) is 0.182. The van der Waals surface area contributed by atoms with E-state index in [1.807, 2.05) is 6.92 Å². The number of hydrogen-bond acceptors (Lipinski definition) is 3. The van der Waals surface area contributed by atoms with Crippen LogP contribution in [0.5, 0.6) is 0 Å². The molecule has 90 valence electrons. The molecule has 0 saturated carbocycles. The van der Waals surface area contributed by atoms with E-state index in [0.29, 0.717) is 26.6 Å². The van der Waals surface area contributed by atoms with Crippen LogP contribution < -0.4 is 5.73 Å². The van der Waals surface area contributed by atoms with Gasteiger partial charge in [-0.3, -0.25) is 0 Å². The van der Waals surface area contributed by atoms with Crippen LogP contribution in [0.2, 0.25) is 15.1 Å². The summed E-state index contributed by atoms with van der Waals surface area (Å²) < 4.78 is 0. The molecule has 0 aliphatic rings. The smallest absolute Gasteiger partial charge is 0.180 e.